The molecule has 5 nitrogen and oxygen atoms in total. The molecule has 2 aromatic rings. The maximum atomic E-state index is 13.6. The molecule has 0 spiro atoms. The number of hydrogen-bond acceptors (Lipinski definition) is 3. The fourth-order valence-corrected chi connectivity index (χ4v) is 2.09. The van der Waals surface area contributed by atoms with Crippen LogP contribution in [0.4, 0.5) is 14.5 Å². The monoisotopic (exact) mass is 335 g/mol. The van der Waals surface area contributed by atoms with E-state index in [1.807, 2.05) is 0 Å². The predicted octanol–water partition coefficient (Wildman–Crippen LogP) is 3.17. The maximum absolute atomic E-state index is 13.6. The number of halogens is 2. The van der Waals surface area contributed by atoms with Gasteiger partial charge in [-0.2, -0.15) is 0 Å². The van der Waals surface area contributed by atoms with Gasteiger partial charge in [-0.25, -0.2) is 8.78 Å². The van der Waals surface area contributed by atoms with Crippen molar-refractivity contribution in [1.29, 1.82) is 0 Å². The summed E-state index contributed by atoms with van der Waals surface area (Å²) in [6.45, 7) is 0.0938. The number of aliphatic imine (C=N–C) groups is 1. The molecule has 7 heteroatoms. The van der Waals surface area contributed by atoms with Crippen molar-refractivity contribution < 1.29 is 18.3 Å². The zero-order valence-electron chi connectivity index (χ0n) is 13.7. The Morgan fingerprint density at radius 2 is 1.79 bits per heavy atom. The van der Waals surface area contributed by atoms with Gasteiger partial charge in [-0.15, -0.1) is 0 Å². The molecule has 0 bridgehead atoms. The topological polar surface area (TPSA) is 54.9 Å². The van der Waals surface area contributed by atoms with Crippen molar-refractivity contribution in [2.45, 2.75) is 6.54 Å². The smallest absolute Gasteiger partial charge is 0.195 e. The van der Waals surface area contributed by atoms with Gasteiger partial charge in [0, 0.05) is 30.9 Å². The van der Waals surface area contributed by atoms with E-state index in [-0.39, 0.29) is 12.1 Å². The molecule has 2 N–H and O–H groups in total. The summed E-state index contributed by atoms with van der Waals surface area (Å²) in [5.41, 5.74) is 0.922. The SMILES string of the molecule is CN=C(NCc1cc(F)ccc1F)Nc1ccc(OC)c(OC)c1. The maximum Gasteiger partial charge on any atom is 0.195 e. The number of benzene rings is 2. The molecule has 2 rings (SSSR count). The van der Waals surface area contributed by atoms with Crippen molar-refractivity contribution in [3.05, 3.63) is 53.6 Å². The fourth-order valence-electron chi connectivity index (χ4n) is 2.09. The Labute approximate surface area is 139 Å². The summed E-state index contributed by atoms with van der Waals surface area (Å²) in [6.07, 6.45) is 0. The molecule has 0 saturated heterocycles. The van der Waals surface area contributed by atoms with Crippen LogP contribution in [0, 0.1) is 11.6 Å². The number of guanidine groups is 1. The number of hydrogen-bond donors (Lipinski definition) is 2. The highest BCUT2D eigenvalue weighted by atomic mass is 19.1. The lowest BCUT2D eigenvalue weighted by Gasteiger charge is -2.14. The number of nitrogens with one attached hydrogen (secondary N) is 2. The van der Waals surface area contributed by atoms with Gasteiger partial charge in [-0.05, 0) is 30.3 Å². The van der Waals surface area contributed by atoms with Crippen molar-refractivity contribution in [2.24, 2.45) is 4.99 Å². The third kappa shape index (κ3) is 4.34. The largest absolute Gasteiger partial charge is 0.493 e. The minimum absolute atomic E-state index is 0.0938. The lowest BCUT2D eigenvalue weighted by atomic mass is 10.2. The summed E-state index contributed by atoms with van der Waals surface area (Å²) in [5.74, 6) is 0.606. The first-order chi connectivity index (χ1) is 11.6. The van der Waals surface area contributed by atoms with Gasteiger partial charge in [0.15, 0.2) is 17.5 Å². The zero-order valence-corrected chi connectivity index (χ0v) is 13.7. The Morgan fingerprint density at radius 1 is 1.04 bits per heavy atom. The van der Waals surface area contributed by atoms with Gasteiger partial charge in [-0.3, -0.25) is 4.99 Å². The number of rotatable bonds is 5. The van der Waals surface area contributed by atoms with Crippen LogP contribution >= 0.6 is 0 Å². The van der Waals surface area contributed by atoms with Crippen molar-refractivity contribution in [2.75, 3.05) is 26.6 Å². The number of ether oxygens (including phenoxy) is 2. The van der Waals surface area contributed by atoms with E-state index < -0.39 is 11.6 Å². The highest BCUT2D eigenvalue weighted by Crippen LogP contribution is 2.29. The lowest BCUT2D eigenvalue weighted by molar-refractivity contribution is 0.355. The van der Waals surface area contributed by atoms with Crippen LogP contribution in [0.2, 0.25) is 0 Å². The van der Waals surface area contributed by atoms with Gasteiger partial charge in [0.1, 0.15) is 11.6 Å². The molecule has 0 atom stereocenters. The zero-order chi connectivity index (χ0) is 17.5. The molecule has 24 heavy (non-hydrogen) atoms. The highest BCUT2D eigenvalue weighted by molar-refractivity contribution is 5.93. The average Bonchev–Trinajstić information content (AvgIpc) is 2.60. The minimum atomic E-state index is -0.490. The van der Waals surface area contributed by atoms with Crippen molar-refractivity contribution in [1.82, 2.24) is 5.32 Å². The molecular weight excluding hydrogens is 316 g/mol. The Bertz CT molecular complexity index is 736. The Hall–Kier alpha value is -2.83. The van der Waals surface area contributed by atoms with Crippen LogP contribution in [0.3, 0.4) is 0 Å². The van der Waals surface area contributed by atoms with E-state index in [1.54, 1.807) is 39.5 Å². The van der Waals surface area contributed by atoms with Crippen LogP contribution in [0.1, 0.15) is 5.56 Å². The van der Waals surface area contributed by atoms with Gasteiger partial charge < -0.3 is 20.1 Å². The Balaban J connectivity index is 2.06. The number of anilines is 1. The first kappa shape index (κ1) is 17.5. The van der Waals surface area contributed by atoms with Crippen molar-refractivity contribution in [3.63, 3.8) is 0 Å². The second-order valence-corrected chi connectivity index (χ2v) is 4.86. The van der Waals surface area contributed by atoms with Crippen LogP contribution in [0.25, 0.3) is 0 Å². The summed E-state index contributed by atoms with van der Waals surface area (Å²) < 4.78 is 37.2. The van der Waals surface area contributed by atoms with Crippen LogP contribution in [-0.2, 0) is 6.54 Å². The summed E-state index contributed by atoms with van der Waals surface area (Å²) in [6, 6.07) is 8.60. The van der Waals surface area contributed by atoms with Crippen LogP contribution in [-0.4, -0.2) is 27.2 Å². The number of nitrogens with zero attached hydrogens (tertiary/aromatic N) is 1. The number of methoxy groups -OCH3 is 2. The molecule has 2 aromatic carbocycles. The first-order valence-corrected chi connectivity index (χ1v) is 7.21. The summed E-state index contributed by atoms with van der Waals surface area (Å²) >= 11 is 0. The molecular formula is C17H19F2N3O2. The van der Waals surface area contributed by atoms with E-state index >= 15 is 0 Å². The molecule has 0 unspecified atom stereocenters. The lowest BCUT2D eigenvalue weighted by Crippen LogP contribution is -2.30. The highest BCUT2D eigenvalue weighted by Gasteiger charge is 2.08. The molecule has 0 aliphatic rings. The Kier molecular flexibility index (Phi) is 5.95. The van der Waals surface area contributed by atoms with Gasteiger partial charge in [0.25, 0.3) is 0 Å². The molecule has 0 heterocycles. The van der Waals surface area contributed by atoms with Gasteiger partial charge >= 0.3 is 0 Å². The molecule has 0 aromatic heterocycles. The molecule has 128 valence electrons. The van der Waals surface area contributed by atoms with Crippen molar-refractivity contribution in [3.8, 4) is 11.5 Å². The van der Waals surface area contributed by atoms with Crippen LogP contribution in [0.5, 0.6) is 11.5 Å². The third-order valence-corrected chi connectivity index (χ3v) is 3.32. The van der Waals surface area contributed by atoms with E-state index in [1.165, 1.54) is 0 Å². The normalized spacial score (nSPS) is 11.1. The Morgan fingerprint density at radius 3 is 2.46 bits per heavy atom. The summed E-state index contributed by atoms with van der Waals surface area (Å²) in [5, 5.41) is 5.97. The molecule has 0 amide bonds. The second kappa shape index (κ2) is 8.14. The van der Waals surface area contributed by atoms with E-state index in [2.05, 4.69) is 15.6 Å². The fraction of sp³-hybridized carbons (Fsp3) is 0.235. The van der Waals surface area contributed by atoms with Gasteiger partial charge in [0.2, 0.25) is 0 Å². The predicted molar refractivity (Wildman–Crippen MR) is 89.7 cm³/mol. The third-order valence-electron chi connectivity index (χ3n) is 3.32. The standard InChI is InChI=1S/C17H19F2N3O2/c1-20-17(21-10-11-8-12(18)4-6-14(11)19)22-13-5-7-15(23-2)16(9-13)24-3/h4-9H,10H2,1-3H3,(H2,20,21,22). The van der Waals surface area contributed by atoms with E-state index in [0.717, 1.165) is 18.2 Å². The molecule has 0 fully saturated rings. The average molecular weight is 335 g/mol. The summed E-state index contributed by atoms with van der Waals surface area (Å²) in [7, 11) is 4.68. The molecule has 0 radical (unpaired) electrons. The van der Waals surface area contributed by atoms with Gasteiger partial charge in [-0.1, -0.05) is 0 Å². The van der Waals surface area contributed by atoms with Crippen LogP contribution in [0.15, 0.2) is 41.4 Å². The van der Waals surface area contributed by atoms with E-state index in [4.69, 9.17) is 9.47 Å². The van der Waals surface area contributed by atoms with E-state index in [9.17, 15) is 8.78 Å². The van der Waals surface area contributed by atoms with Crippen molar-refractivity contribution >= 4 is 11.6 Å². The molecule has 0 aliphatic heterocycles. The van der Waals surface area contributed by atoms with Crippen LogP contribution < -0.4 is 20.1 Å². The molecule has 0 saturated carbocycles. The quantitative estimate of drug-likeness (QED) is 0.651. The minimum Gasteiger partial charge on any atom is -0.493 e. The van der Waals surface area contributed by atoms with Gasteiger partial charge in [0.05, 0.1) is 14.2 Å². The van der Waals surface area contributed by atoms with E-state index in [0.29, 0.717) is 23.1 Å². The molecule has 0 aliphatic carbocycles. The second-order valence-electron chi connectivity index (χ2n) is 4.86. The first-order valence-electron chi connectivity index (χ1n) is 7.21. The summed E-state index contributed by atoms with van der Waals surface area (Å²) in [4.78, 5) is 4.05.